The van der Waals surface area contributed by atoms with Crippen LogP contribution in [0, 0.1) is 0 Å². The van der Waals surface area contributed by atoms with Crippen molar-refractivity contribution in [1.29, 1.82) is 0 Å². The van der Waals surface area contributed by atoms with Gasteiger partial charge in [0.05, 0.1) is 0 Å². The van der Waals surface area contributed by atoms with Gasteiger partial charge in [-0.1, -0.05) is 0 Å². The van der Waals surface area contributed by atoms with Gasteiger partial charge < -0.3 is 0 Å². The Hall–Kier alpha value is -0.157. The number of hydrogen-bond donors (Lipinski definition) is 0. The second-order valence-corrected chi connectivity index (χ2v) is 9.51. The molecule has 0 rings (SSSR count). The van der Waals surface area contributed by atoms with Gasteiger partial charge in [0.15, 0.2) is 0 Å². The fourth-order valence-corrected chi connectivity index (χ4v) is 6.91. The quantitative estimate of drug-likeness (QED) is 0.487. The average Bonchev–Trinajstić information content (AvgIpc) is 2.16. The number of hydrogen-bond acceptors (Lipinski definition) is 0. The van der Waals surface area contributed by atoms with Crippen molar-refractivity contribution in [2.75, 3.05) is 0 Å². The summed E-state index contributed by atoms with van der Waals surface area (Å²) < 4.78 is 1.97. The first-order chi connectivity index (χ1) is 6.08. The molecule has 1 heteroatoms. The van der Waals surface area contributed by atoms with Crippen LogP contribution in [0.25, 0.3) is 0 Å². The SMILES string of the molecule is C=C[CH](C)[Ru]([CH](C)C=C)[CH](C)C=C. The fraction of sp³-hybridized carbons (Fsp3) is 0.500. The third kappa shape index (κ3) is 3.60. The molecule has 0 saturated carbocycles. The first kappa shape index (κ1) is 12.8. The Morgan fingerprint density at radius 2 is 1.00 bits per heavy atom. The molecule has 0 nitrogen and oxygen atoms in total. The second-order valence-electron chi connectivity index (χ2n) is 3.03. The van der Waals surface area contributed by atoms with Crippen LogP contribution < -0.4 is 0 Å². The van der Waals surface area contributed by atoms with E-state index in [1.165, 1.54) is 0 Å². The number of rotatable bonds is 6. The van der Waals surface area contributed by atoms with Gasteiger partial charge in [-0.3, -0.25) is 0 Å². The van der Waals surface area contributed by atoms with Crippen LogP contribution >= 0.6 is 0 Å². The van der Waals surface area contributed by atoms with Crippen LogP contribution in [0.4, 0.5) is 0 Å². The molecule has 0 spiro atoms. The Kier molecular flexibility index (Phi) is 6.24. The van der Waals surface area contributed by atoms with E-state index in [1.54, 1.807) is 0 Å². The van der Waals surface area contributed by atoms with E-state index in [1.807, 2.05) is 0 Å². The van der Waals surface area contributed by atoms with Crippen molar-refractivity contribution in [2.24, 2.45) is 0 Å². The molecule has 0 aromatic rings. The monoisotopic (exact) mass is 267 g/mol. The van der Waals surface area contributed by atoms with Gasteiger partial charge in [-0.05, 0) is 0 Å². The molecule has 0 aliphatic rings. The van der Waals surface area contributed by atoms with Gasteiger partial charge in [0.2, 0.25) is 0 Å². The van der Waals surface area contributed by atoms with Crippen LogP contribution in [-0.4, -0.2) is 0 Å². The zero-order chi connectivity index (χ0) is 10.4. The molecular weight excluding hydrogens is 245 g/mol. The molecule has 0 aliphatic carbocycles. The maximum atomic E-state index is 3.88. The molecule has 13 heavy (non-hydrogen) atoms. The third-order valence-electron chi connectivity index (χ3n) is 2.07. The molecule has 0 fully saturated rings. The molecule has 0 N–H and O–H groups in total. The van der Waals surface area contributed by atoms with Crippen molar-refractivity contribution in [2.45, 2.75) is 34.3 Å². The molecule has 0 radical (unpaired) electrons. The summed E-state index contributed by atoms with van der Waals surface area (Å²) in [6.07, 6.45) is 6.25. The van der Waals surface area contributed by atoms with Gasteiger partial charge in [-0.25, -0.2) is 0 Å². The van der Waals surface area contributed by atoms with Crippen LogP contribution in [0.5, 0.6) is 0 Å². The Morgan fingerprint density at radius 1 is 0.769 bits per heavy atom. The normalized spacial score (nSPS) is 18.2. The summed E-state index contributed by atoms with van der Waals surface area (Å²) in [7, 11) is 0. The number of allylic oxidation sites excluding steroid dienone is 3. The van der Waals surface area contributed by atoms with Gasteiger partial charge in [0.1, 0.15) is 0 Å². The van der Waals surface area contributed by atoms with Crippen LogP contribution in [0.3, 0.4) is 0 Å². The van der Waals surface area contributed by atoms with Crippen LogP contribution in [0.15, 0.2) is 38.0 Å². The van der Waals surface area contributed by atoms with Crippen LogP contribution in [-0.2, 0) is 16.0 Å². The Bertz CT molecular complexity index is 150. The molecule has 0 amide bonds. The molecule has 0 heterocycles. The van der Waals surface area contributed by atoms with Crippen molar-refractivity contribution in [1.82, 2.24) is 0 Å². The van der Waals surface area contributed by atoms with E-state index < -0.39 is 16.0 Å². The first-order valence-electron chi connectivity index (χ1n) is 4.57. The van der Waals surface area contributed by atoms with Gasteiger partial charge in [0, 0.05) is 0 Å². The minimum absolute atomic E-state index is 0.658. The van der Waals surface area contributed by atoms with Crippen molar-refractivity contribution in [3.63, 3.8) is 0 Å². The van der Waals surface area contributed by atoms with E-state index in [-0.39, 0.29) is 0 Å². The molecular formula is C12H21Ru. The van der Waals surface area contributed by atoms with E-state index in [0.29, 0.717) is 13.5 Å². The van der Waals surface area contributed by atoms with Crippen molar-refractivity contribution in [3.05, 3.63) is 38.0 Å². The van der Waals surface area contributed by atoms with Crippen molar-refractivity contribution < 1.29 is 16.0 Å². The Labute approximate surface area is 88.3 Å². The van der Waals surface area contributed by atoms with Crippen LogP contribution in [0.1, 0.15) is 20.8 Å². The van der Waals surface area contributed by atoms with Crippen molar-refractivity contribution >= 4 is 0 Å². The summed E-state index contributed by atoms with van der Waals surface area (Å²) in [4.78, 5) is 0. The van der Waals surface area contributed by atoms with Gasteiger partial charge in [-0.2, -0.15) is 0 Å². The molecule has 0 aromatic carbocycles. The van der Waals surface area contributed by atoms with Gasteiger partial charge >= 0.3 is 88.2 Å². The molecule has 3 atom stereocenters. The Morgan fingerprint density at radius 3 is 1.15 bits per heavy atom. The Balaban J connectivity index is 4.61. The average molecular weight is 266 g/mol. The molecule has 0 bridgehead atoms. The first-order valence-corrected chi connectivity index (χ1v) is 7.58. The predicted octanol–water partition coefficient (Wildman–Crippen LogP) is 4.59. The minimum atomic E-state index is -0.917. The molecule has 0 aromatic heterocycles. The summed E-state index contributed by atoms with van der Waals surface area (Å²) in [5.74, 6) is 0. The zero-order valence-electron chi connectivity index (χ0n) is 8.94. The summed E-state index contributed by atoms with van der Waals surface area (Å²) in [6, 6.07) is 0. The summed E-state index contributed by atoms with van der Waals surface area (Å²) >= 11 is -0.917. The van der Waals surface area contributed by atoms with E-state index in [2.05, 4.69) is 58.7 Å². The third-order valence-corrected chi connectivity index (χ3v) is 8.78. The standard InChI is InChI=1S/3C4H7.Ru/c3*1-3-4-2;/h3*3-4H,1H2,2H3;. The zero-order valence-corrected chi connectivity index (χ0v) is 10.7. The maximum absolute atomic E-state index is 3.88. The van der Waals surface area contributed by atoms with Gasteiger partial charge in [0.25, 0.3) is 0 Å². The summed E-state index contributed by atoms with van der Waals surface area (Å²) in [6.45, 7) is 18.5. The molecule has 0 saturated heterocycles. The van der Waals surface area contributed by atoms with Crippen LogP contribution in [0.2, 0.25) is 13.5 Å². The predicted molar refractivity (Wildman–Crippen MR) is 58.9 cm³/mol. The van der Waals surface area contributed by atoms with Crippen molar-refractivity contribution in [3.8, 4) is 0 Å². The van der Waals surface area contributed by atoms with E-state index >= 15 is 0 Å². The summed E-state index contributed by atoms with van der Waals surface area (Å²) in [5, 5.41) is 0. The van der Waals surface area contributed by atoms with E-state index in [9.17, 15) is 0 Å². The summed E-state index contributed by atoms with van der Waals surface area (Å²) in [5.41, 5.74) is 0. The van der Waals surface area contributed by atoms with Gasteiger partial charge in [-0.15, -0.1) is 0 Å². The molecule has 3 unspecified atom stereocenters. The topological polar surface area (TPSA) is 0 Å². The van der Waals surface area contributed by atoms with E-state index in [0.717, 1.165) is 0 Å². The molecule has 0 aliphatic heterocycles. The molecule has 77 valence electrons. The second kappa shape index (κ2) is 6.32. The van der Waals surface area contributed by atoms with E-state index in [4.69, 9.17) is 0 Å². The fourth-order valence-electron chi connectivity index (χ4n) is 1.17.